The number of hydrogen-bond acceptors (Lipinski definition) is 8. The van der Waals surface area contributed by atoms with E-state index in [0.717, 1.165) is 11.3 Å². The van der Waals surface area contributed by atoms with Gasteiger partial charge in [0.05, 0.1) is 11.9 Å². The van der Waals surface area contributed by atoms with Crippen molar-refractivity contribution in [2.75, 3.05) is 24.5 Å². The maximum Gasteiger partial charge on any atom is 0.269 e. The number of pyridine rings is 1. The number of halogens is 2. The standard InChI is InChI=1S/C22H27ClN8O.ClH/c23-16-3-1-4-17(14-16)31(20(26)5-9-25)22-29-12-7-18(30-22)15-6-11-27-19(13-15)21(32)28-10-2-8-24;/h1,3-4,6-7,11-14,20H,2,5,8-10,24-26H2,(H,28,32);1H. The highest BCUT2D eigenvalue weighted by Gasteiger charge is 2.20. The normalized spacial score (nSPS) is 11.4. The average Bonchev–Trinajstić information content (AvgIpc) is 2.80. The van der Waals surface area contributed by atoms with Crippen LogP contribution in [-0.4, -0.2) is 46.7 Å². The maximum atomic E-state index is 12.4. The van der Waals surface area contributed by atoms with Gasteiger partial charge < -0.3 is 22.5 Å². The van der Waals surface area contributed by atoms with Crippen molar-refractivity contribution in [3.8, 4) is 11.3 Å². The van der Waals surface area contributed by atoms with Crippen LogP contribution in [0.5, 0.6) is 0 Å². The number of rotatable bonds is 10. The molecule has 1 aromatic carbocycles. The van der Waals surface area contributed by atoms with Crippen LogP contribution >= 0.6 is 24.0 Å². The molecule has 33 heavy (non-hydrogen) atoms. The lowest BCUT2D eigenvalue weighted by Crippen LogP contribution is -2.41. The number of hydrogen-bond donors (Lipinski definition) is 4. The van der Waals surface area contributed by atoms with Gasteiger partial charge in [-0.2, -0.15) is 0 Å². The number of carbonyl (C=O) groups excluding carboxylic acids is 1. The van der Waals surface area contributed by atoms with Crippen LogP contribution in [0.15, 0.2) is 54.9 Å². The summed E-state index contributed by atoms with van der Waals surface area (Å²) in [7, 11) is 0. The van der Waals surface area contributed by atoms with E-state index in [0.29, 0.717) is 54.8 Å². The van der Waals surface area contributed by atoms with E-state index in [9.17, 15) is 4.79 Å². The van der Waals surface area contributed by atoms with E-state index in [1.807, 2.05) is 12.1 Å². The number of anilines is 2. The number of nitrogens with zero attached hydrogens (tertiary/aromatic N) is 4. The van der Waals surface area contributed by atoms with Crippen LogP contribution in [0.2, 0.25) is 5.02 Å². The van der Waals surface area contributed by atoms with Crippen molar-refractivity contribution in [1.29, 1.82) is 0 Å². The monoisotopic (exact) mass is 490 g/mol. The van der Waals surface area contributed by atoms with Gasteiger partial charge in [0.25, 0.3) is 5.91 Å². The molecule has 2 aromatic heterocycles. The molecule has 0 bridgehead atoms. The lowest BCUT2D eigenvalue weighted by Gasteiger charge is -2.29. The molecular weight excluding hydrogens is 463 g/mol. The third-order valence-electron chi connectivity index (χ3n) is 4.69. The number of nitrogens with one attached hydrogen (secondary N) is 1. The maximum absolute atomic E-state index is 12.4. The van der Waals surface area contributed by atoms with Gasteiger partial charge in [-0.1, -0.05) is 17.7 Å². The predicted octanol–water partition coefficient (Wildman–Crippen LogP) is 2.46. The molecule has 0 radical (unpaired) electrons. The van der Waals surface area contributed by atoms with Gasteiger partial charge in [0.1, 0.15) is 5.69 Å². The minimum Gasteiger partial charge on any atom is -0.351 e. The van der Waals surface area contributed by atoms with E-state index < -0.39 is 6.17 Å². The number of amides is 1. The van der Waals surface area contributed by atoms with Gasteiger partial charge in [-0.05, 0) is 62.3 Å². The van der Waals surface area contributed by atoms with Gasteiger partial charge in [0, 0.05) is 35.2 Å². The lowest BCUT2D eigenvalue weighted by molar-refractivity contribution is 0.0948. The summed E-state index contributed by atoms with van der Waals surface area (Å²) in [6, 6.07) is 12.5. The summed E-state index contributed by atoms with van der Waals surface area (Å²) >= 11 is 6.19. The quantitative estimate of drug-likeness (QED) is 0.250. The molecule has 0 spiro atoms. The summed E-state index contributed by atoms with van der Waals surface area (Å²) in [5.74, 6) is 0.136. The van der Waals surface area contributed by atoms with Crippen molar-refractivity contribution in [2.24, 2.45) is 17.2 Å². The minimum atomic E-state index is -0.449. The van der Waals surface area contributed by atoms with E-state index in [4.69, 9.17) is 33.8 Å². The van der Waals surface area contributed by atoms with Crippen LogP contribution in [0.4, 0.5) is 11.6 Å². The Morgan fingerprint density at radius 3 is 2.61 bits per heavy atom. The van der Waals surface area contributed by atoms with E-state index in [2.05, 4.69) is 15.3 Å². The molecule has 2 heterocycles. The van der Waals surface area contributed by atoms with E-state index in [1.54, 1.807) is 47.6 Å². The summed E-state index contributed by atoms with van der Waals surface area (Å²) in [6.45, 7) is 1.41. The SMILES string of the molecule is Cl.NCCCNC(=O)c1cc(-c2ccnc(N(c3cccc(Cl)c3)C(N)CCN)n2)ccn1. The van der Waals surface area contributed by atoms with E-state index in [-0.39, 0.29) is 18.3 Å². The largest absolute Gasteiger partial charge is 0.351 e. The van der Waals surface area contributed by atoms with Gasteiger partial charge >= 0.3 is 0 Å². The van der Waals surface area contributed by atoms with Gasteiger partial charge in [-0.25, -0.2) is 9.97 Å². The molecule has 7 N–H and O–H groups in total. The molecule has 176 valence electrons. The van der Waals surface area contributed by atoms with Crippen molar-refractivity contribution in [3.63, 3.8) is 0 Å². The van der Waals surface area contributed by atoms with Crippen LogP contribution < -0.4 is 27.4 Å². The van der Waals surface area contributed by atoms with Crippen molar-refractivity contribution < 1.29 is 4.79 Å². The van der Waals surface area contributed by atoms with Gasteiger partial charge in [-0.3, -0.25) is 14.7 Å². The molecule has 1 atom stereocenters. The Morgan fingerprint density at radius 2 is 1.88 bits per heavy atom. The first kappa shape index (κ1) is 26.4. The minimum absolute atomic E-state index is 0. The molecule has 9 nitrogen and oxygen atoms in total. The summed E-state index contributed by atoms with van der Waals surface area (Å²) in [5.41, 5.74) is 20.0. The molecule has 1 unspecified atom stereocenters. The molecule has 0 aliphatic heterocycles. The predicted molar refractivity (Wildman–Crippen MR) is 134 cm³/mol. The van der Waals surface area contributed by atoms with Crippen LogP contribution in [0.3, 0.4) is 0 Å². The Morgan fingerprint density at radius 1 is 1.09 bits per heavy atom. The summed E-state index contributed by atoms with van der Waals surface area (Å²) in [6.07, 6.45) is 4.00. The first-order valence-corrected chi connectivity index (χ1v) is 10.7. The molecule has 0 aliphatic rings. The number of benzene rings is 1. The first-order chi connectivity index (χ1) is 15.5. The molecule has 3 aromatic rings. The van der Waals surface area contributed by atoms with Crippen molar-refractivity contribution >= 4 is 41.6 Å². The van der Waals surface area contributed by atoms with Crippen LogP contribution in [0.1, 0.15) is 23.3 Å². The fourth-order valence-electron chi connectivity index (χ4n) is 3.11. The summed E-state index contributed by atoms with van der Waals surface area (Å²) in [5, 5.41) is 3.37. The van der Waals surface area contributed by atoms with Crippen molar-refractivity contribution in [1.82, 2.24) is 20.3 Å². The number of nitrogens with two attached hydrogens (primary N) is 3. The Bertz CT molecular complexity index is 1050. The summed E-state index contributed by atoms with van der Waals surface area (Å²) in [4.78, 5) is 27.5. The lowest BCUT2D eigenvalue weighted by atomic mass is 10.1. The Hall–Kier alpha value is -2.82. The second-order valence-corrected chi connectivity index (χ2v) is 7.50. The smallest absolute Gasteiger partial charge is 0.269 e. The zero-order valence-electron chi connectivity index (χ0n) is 18.0. The topological polar surface area (TPSA) is 149 Å². The zero-order chi connectivity index (χ0) is 22.9. The second-order valence-electron chi connectivity index (χ2n) is 7.06. The van der Waals surface area contributed by atoms with Gasteiger partial charge in [0.15, 0.2) is 0 Å². The number of carbonyl (C=O) groups is 1. The molecule has 3 rings (SSSR count). The second kappa shape index (κ2) is 13.0. The first-order valence-electron chi connectivity index (χ1n) is 10.3. The molecular formula is C22H28Cl2N8O. The molecule has 0 fully saturated rings. The fraction of sp³-hybridized carbons (Fsp3) is 0.273. The molecule has 0 saturated heterocycles. The highest BCUT2D eigenvalue weighted by Crippen LogP contribution is 2.28. The van der Waals surface area contributed by atoms with Crippen LogP contribution in [0.25, 0.3) is 11.3 Å². The van der Waals surface area contributed by atoms with Crippen molar-refractivity contribution in [3.05, 3.63) is 65.6 Å². The highest BCUT2D eigenvalue weighted by atomic mass is 35.5. The fourth-order valence-corrected chi connectivity index (χ4v) is 3.30. The van der Waals surface area contributed by atoms with Crippen LogP contribution in [-0.2, 0) is 0 Å². The Kier molecular flexibility index (Phi) is 10.4. The third-order valence-corrected chi connectivity index (χ3v) is 4.93. The molecule has 11 heteroatoms. The van der Waals surface area contributed by atoms with Crippen molar-refractivity contribution in [2.45, 2.75) is 19.0 Å². The molecule has 1 amide bonds. The van der Waals surface area contributed by atoms with E-state index >= 15 is 0 Å². The van der Waals surface area contributed by atoms with Crippen LogP contribution in [0, 0.1) is 0 Å². The van der Waals surface area contributed by atoms with Gasteiger partial charge in [-0.15, -0.1) is 12.4 Å². The summed E-state index contributed by atoms with van der Waals surface area (Å²) < 4.78 is 0. The number of aromatic nitrogens is 3. The average molecular weight is 491 g/mol. The Labute approximate surface area is 204 Å². The van der Waals surface area contributed by atoms with Gasteiger partial charge in [0.2, 0.25) is 5.95 Å². The Balaban J connectivity index is 0.00000385. The van der Waals surface area contributed by atoms with E-state index in [1.165, 1.54) is 0 Å². The highest BCUT2D eigenvalue weighted by molar-refractivity contribution is 6.30. The molecule has 0 saturated carbocycles. The zero-order valence-corrected chi connectivity index (χ0v) is 19.6. The molecule has 0 aliphatic carbocycles. The third kappa shape index (κ3) is 7.08.